The van der Waals surface area contributed by atoms with Gasteiger partial charge in [-0.2, -0.15) is 0 Å². The molecular weight excluding hydrogens is 351 g/mol. The van der Waals surface area contributed by atoms with Gasteiger partial charge in [0, 0.05) is 11.9 Å². The highest BCUT2D eigenvalue weighted by molar-refractivity contribution is 14.2. The summed E-state index contributed by atoms with van der Waals surface area (Å²) in [6, 6.07) is 6.40. The zero-order valence-electron chi connectivity index (χ0n) is 8.77. The smallest absolute Gasteiger partial charge is 0.423 e. The van der Waals surface area contributed by atoms with Crippen molar-refractivity contribution in [2.75, 3.05) is 5.32 Å². The lowest BCUT2D eigenvalue weighted by Gasteiger charge is -2.05. The number of benzene rings is 1. The average molecular weight is 361 g/mol. The molecule has 4 nitrogen and oxygen atoms in total. The molecule has 1 atom stereocenters. The molecule has 0 saturated heterocycles. The van der Waals surface area contributed by atoms with Crippen LogP contribution in [0, 0.1) is 11.6 Å². The minimum atomic E-state index is -1.54. The number of carbonyl (C=O) groups is 1. The molecule has 1 aromatic carbocycles. The van der Waals surface area contributed by atoms with Crippen molar-refractivity contribution >= 4 is 52.4 Å². The van der Waals surface area contributed by atoms with Crippen molar-refractivity contribution < 1.29 is 14.8 Å². The van der Waals surface area contributed by atoms with Gasteiger partial charge in [-0.3, -0.25) is 4.79 Å². The van der Waals surface area contributed by atoms with E-state index in [1.165, 1.54) is 6.07 Å². The average Bonchev–Trinajstić information content (AvgIpc) is 2.29. The van der Waals surface area contributed by atoms with E-state index in [1.807, 2.05) is 0 Å². The van der Waals surface area contributed by atoms with Crippen LogP contribution in [0.2, 0.25) is 0 Å². The fraction of sp³-hybridized carbons (Fsp3) is 0.100. The molecule has 88 valence electrons. The third-order valence-electron chi connectivity index (χ3n) is 1.85. The van der Waals surface area contributed by atoms with E-state index in [9.17, 15) is 4.79 Å². The number of carbonyl (C=O) groups excluding carboxylic acids is 1. The lowest BCUT2D eigenvalue weighted by Crippen LogP contribution is -2.30. The largest absolute Gasteiger partial charge is 0.488 e. The van der Waals surface area contributed by atoms with Crippen LogP contribution in [-0.4, -0.2) is 23.1 Å². The van der Waals surface area contributed by atoms with Gasteiger partial charge in [-0.05, 0) is 39.6 Å². The van der Waals surface area contributed by atoms with Crippen LogP contribution in [0.4, 0.5) is 5.69 Å². The van der Waals surface area contributed by atoms with Gasteiger partial charge in [-0.25, -0.2) is 0 Å². The third-order valence-corrected chi connectivity index (χ3v) is 2.93. The van der Waals surface area contributed by atoms with Crippen LogP contribution >= 0.6 is 28.3 Å². The van der Waals surface area contributed by atoms with E-state index in [-0.39, 0.29) is 12.3 Å². The first-order chi connectivity index (χ1) is 8.13. The second kappa shape index (κ2) is 7.67. The van der Waals surface area contributed by atoms with E-state index in [0.717, 1.165) is 0 Å². The summed E-state index contributed by atoms with van der Waals surface area (Å²) in [4.78, 5) is 11.4. The maximum absolute atomic E-state index is 11.4. The van der Waals surface area contributed by atoms with E-state index in [4.69, 9.17) is 10.0 Å². The molecule has 0 aliphatic carbocycles. The molecule has 0 aliphatic rings. The van der Waals surface area contributed by atoms with Crippen molar-refractivity contribution in [1.82, 2.24) is 0 Å². The van der Waals surface area contributed by atoms with Gasteiger partial charge in [-0.1, -0.05) is 23.7 Å². The number of anilines is 1. The van der Waals surface area contributed by atoms with E-state index in [0.29, 0.717) is 17.4 Å². The molecule has 0 aliphatic heterocycles. The molecule has 3 N–H and O–H groups in total. The molecule has 7 heteroatoms. The van der Waals surface area contributed by atoms with Crippen molar-refractivity contribution in [1.29, 1.82) is 0 Å². The summed E-state index contributed by atoms with van der Waals surface area (Å²) >= 11 is 2.14. The number of hydrogen-bond acceptors (Lipinski definition) is 3. The molecule has 1 amide bonds. The fourth-order valence-electron chi connectivity index (χ4n) is 1.14. The quantitative estimate of drug-likeness (QED) is 0.321. The fourth-order valence-corrected chi connectivity index (χ4v) is 1.87. The predicted molar refractivity (Wildman–Crippen MR) is 79.6 cm³/mol. The zero-order valence-corrected chi connectivity index (χ0v) is 11.9. The lowest BCUT2D eigenvalue weighted by molar-refractivity contribution is -0.115. The molecule has 0 saturated carbocycles. The van der Waals surface area contributed by atoms with Crippen LogP contribution in [0.3, 0.4) is 0 Å². The summed E-state index contributed by atoms with van der Waals surface area (Å²) in [7, 11) is -1.54. The second-order valence-electron chi connectivity index (χ2n) is 3.12. The topological polar surface area (TPSA) is 69.6 Å². The molecule has 17 heavy (non-hydrogen) atoms. The summed E-state index contributed by atoms with van der Waals surface area (Å²) < 4.78 is 0. The van der Waals surface area contributed by atoms with Gasteiger partial charge < -0.3 is 15.4 Å². The first-order valence-corrected chi connectivity index (χ1v) is 8.84. The Morgan fingerprint density at radius 1 is 1.53 bits per heavy atom. The Balaban J connectivity index is 2.62. The van der Waals surface area contributed by atoms with Gasteiger partial charge in [0.1, 0.15) is 0 Å². The van der Waals surface area contributed by atoms with Crippen molar-refractivity contribution in [3.05, 3.63) is 24.3 Å². The summed E-state index contributed by atoms with van der Waals surface area (Å²) in [5.41, 5.74) is 3.68. The standard InChI is InChI=1S/C10H10BINO3P/c12-17-6-2-5-10(14)13-9-4-1-3-8(7-9)11(15)16/h1,3-4,7,15-17H,5H2,(H,13,14). The zero-order chi connectivity index (χ0) is 12.7. The number of rotatable bonds is 3. The predicted octanol–water partition coefficient (Wildman–Crippen LogP) is 0.684. The maximum atomic E-state index is 11.4. The number of hydrogen-bond donors (Lipinski definition) is 3. The van der Waals surface area contributed by atoms with E-state index in [1.54, 1.807) is 18.2 Å². The van der Waals surface area contributed by atoms with Gasteiger partial charge in [0.15, 0.2) is 0 Å². The second-order valence-corrected chi connectivity index (χ2v) is 5.18. The van der Waals surface area contributed by atoms with Crippen molar-refractivity contribution in [2.24, 2.45) is 0 Å². The Morgan fingerprint density at radius 3 is 2.94 bits per heavy atom. The summed E-state index contributed by atoms with van der Waals surface area (Å²) in [6.07, 6.45) is 0.623. The minimum Gasteiger partial charge on any atom is -0.423 e. The third kappa shape index (κ3) is 5.51. The number of halogens is 1. The normalized spacial score (nSPS) is 9.82. The highest BCUT2D eigenvalue weighted by Crippen LogP contribution is 2.17. The Hall–Kier alpha value is -0.605. The van der Waals surface area contributed by atoms with E-state index >= 15 is 0 Å². The van der Waals surface area contributed by atoms with Crippen LogP contribution in [0.15, 0.2) is 24.3 Å². The summed E-state index contributed by atoms with van der Waals surface area (Å²) in [5.74, 6) is 2.53. The first kappa shape index (κ1) is 14.5. The molecule has 0 fully saturated rings. The molecule has 0 heterocycles. The maximum Gasteiger partial charge on any atom is 0.488 e. The Kier molecular flexibility index (Phi) is 6.52. The molecule has 1 unspecified atom stereocenters. The lowest BCUT2D eigenvalue weighted by atomic mass is 9.80. The minimum absolute atomic E-state index is 0.141. The van der Waals surface area contributed by atoms with Gasteiger partial charge in [0.05, 0.1) is 6.42 Å². The van der Waals surface area contributed by atoms with Crippen LogP contribution in [0.1, 0.15) is 6.42 Å². The molecule has 0 bridgehead atoms. The van der Waals surface area contributed by atoms with Crippen molar-refractivity contribution in [2.45, 2.75) is 6.42 Å². The van der Waals surface area contributed by atoms with Gasteiger partial charge in [0.25, 0.3) is 0 Å². The van der Waals surface area contributed by atoms with Crippen LogP contribution < -0.4 is 10.8 Å². The van der Waals surface area contributed by atoms with Crippen molar-refractivity contribution in [3.63, 3.8) is 0 Å². The van der Waals surface area contributed by atoms with Gasteiger partial charge in [0.2, 0.25) is 5.91 Å². The molecule has 1 rings (SSSR count). The highest BCUT2D eigenvalue weighted by atomic mass is 127. The van der Waals surface area contributed by atoms with Gasteiger partial charge >= 0.3 is 7.12 Å². The summed E-state index contributed by atoms with van der Waals surface area (Å²) in [5, 5.41) is 20.6. The van der Waals surface area contributed by atoms with E-state index in [2.05, 4.69) is 38.9 Å². The number of nitrogens with one attached hydrogen (secondary N) is 1. The number of amides is 1. The summed E-state index contributed by atoms with van der Waals surface area (Å²) in [6.45, 7) is 0. The highest BCUT2D eigenvalue weighted by Gasteiger charge is 2.11. The molecular formula is C10H10BINO3P. The molecule has 0 radical (unpaired) electrons. The van der Waals surface area contributed by atoms with E-state index < -0.39 is 7.12 Å². The first-order valence-electron chi connectivity index (χ1n) is 4.73. The SMILES string of the molecule is O=C(CC#CPI)Nc1cccc(B(O)O)c1. The van der Waals surface area contributed by atoms with Crippen LogP contribution in [-0.2, 0) is 4.79 Å². The molecule has 1 aromatic rings. The van der Waals surface area contributed by atoms with Crippen molar-refractivity contribution in [3.8, 4) is 11.6 Å². The van der Waals surface area contributed by atoms with Crippen LogP contribution in [0.25, 0.3) is 0 Å². The van der Waals surface area contributed by atoms with Crippen LogP contribution in [0.5, 0.6) is 0 Å². The Bertz CT molecular complexity index is 458. The van der Waals surface area contributed by atoms with Gasteiger partial charge in [-0.15, -0.1) is 0 Å². The Morgan fingerprint density at radius 2 is 2.29 bits per heavy atom. The molecule has 0 aromatic heterocycles. The monoisotopic (exact) mass is 361 g/mol. The molecule has 0 spiro atoms. The Labute approximate surface area is 115 Å².